The molecule has 6 nitrogen and oxygen atoms in total. The molecule has 0 radical (unpaired) electrons. The molecule has 0 spiro atoms. The van der Waals surface area contributed by atoms with Crippen LogP contribution in [0.15, 0.2) is 71.5 Å². The fourth-order valence-electron chi connectivity index (χ4n) is 2.04. The molecule has 23 heavy (non-hydrogen) atoms. The molecule has 0 bridgehead atoms. The lowest BCUT2D eigenvalue weighted by Gasteiger charge is -2.10. The van der Waals surface area contributed by atoms with Crippen molar-refractivity contribution in [2.24, 2.45) is 0 Å². The van der Waals surface area contributed by atoms with Crippen LogP contribution in [0.1, 0.15) is 10.5 Å². The van der Waals surface area contributed by atoms with Crippen molar-refractivity contribution in [1.29, 1.82) is 0 Å². The van der Waals surface area contributed by atoms with E-state index < -0.39 is 11.5 Å². The van der Waals surface area contributed by atoms with Gasteiger partial charge in [0.2, 0.25) is 5.69 Å². The van der Waals surface area contributed by atoms with Crippen LogP contribution in [0.5, 0.6) is 11.5 Å². The average molecular weight is 308 g/mol. The molecule has 6 heteroatoms. The molecular weight excluding hydrogens is 296 g/mol. The Morgan fingerprint density at radius 1 is 1.00 bits per heavy atom. The molecule has 3 rings (SSSR count). The van der Waals surface area contributed by atoms with Crippen LogP contribution in [-0.4, -0.2) is 20.9 Å². The zero-order valence-corrected chi connectivity index (χ0v) is 11.9. The number of benzene rings is 2. The number of hydrogen-bond donors (Lipinski definition) is 1. The Bertz CT molecular complexity index is 889. The van der Waals surface area contributed by atoms with Crippen LogP contribution < -0.4 is 10.3 Å². The number of carboxylic acid groups (broad SMARTS) is 1. The zero-order valence-electron chi connectivity index (χ0n) is 11.9. The van der Waals surface area contributed by atoms with E-state index >= 15 is 0 Å². The first kappa shape index (κ1) is 14.5. The maximum absolute atomic E-state index is 12.2. The van der Waals surface area contributed by atoms with Gasteiger partial charge in [0.05, 0.1) is 11.8 Å². The molecule has 1 heterocycles. The Balaban J connectivity index is 2.10. The van der Waals surface area contributed by atoms with E-state index in [9.17, 15) is 14.7 Å². The average Bonchev–Trinajstić information content (AvgIpc) is 2.56. The lowest BCUT2D eigenvalue weighted by Crippen LogP contribution is -2.23. The molecule has 1 N–H and O–H groups in total. The third-order valence-corrected chi connectivity index (χ3v) is 3.07. The SMILES string of the molecule is O=C(O)c1nn(-c2ccccc2)c(=O)cc1Oc1ccccc1. The van der Waals surface area contributed by atoms with Gasteiger partial charge in [0, 0.05) is 0 Å². The van der Waals surface area contributed by atoms with Gasteiger partial charge in [-0.2, -0.15) is 9.78 Å². The molecule has 0 saturated heterocycles. The van der Waals surface area contributed by atoms with Crippen LogP contribution >= 0.6 is 0 Å². The van der Waals surface area contributed by atoms with E-state index in [0.717, 1.165) is 10.7 Å². The number of nitrogens with zero attached hydrogens (tertiary/aromatic N) is 2. The van der Waals surface area contributed by atoms with Gasteiger partial charge in [0.25, 0.3) is 5.56 Å². The first-order valence-electron chi connectivity index (χ1n) is 6.81. The van der Waals surface area contributed by atoms with Gasteiger partial charge in [-0.05, 0) is 24.3 Å². The number of hydrogen-bond acceptors (Lipinski definition) is 4. The summed E-state index contributed by atoms with van der Waals surface area (Å²) in [4.78, 5) is 23.7. The number of carbonyl (C=O) groups is 1. The number of aromatic carboxylic acids is 1. The molecule has 1 aromatic heterocycles. The second kappa shape index (κ2) is 6.15. The quantitative estimate of drug-likeness (QED) is 0.801. The van der Waals surface area contributed by atoms with Gasteiger partial charge < -0.3 is 9.84 Å². The van der Waals surface area contributed by atoms with Gasteiger partial charge >= 0.3 is 5.97 Å². The number of ether oxygens (including phenoxy) is 1. The minimum atomic E-state index is -1.28. The highest BCUT2D eigenvalue weighted by molar-refractivity contribution is 5.88. The number of carboxylic acids is 1. The summed E-state index contributed by atoms with van der Waals surface area (Å²) in [7, 11) is 0. The summed E-state index contributed by atoms with van der Waals surface area (Å²) in [5.41, 5.74) is -0.337. The van der Waals surface area contributed by atoms with Gasteiger partial charge in [0.15, 0.2) is 5.75 Å². The van der Waals surface area contributed by atoms with Crippen LogP contribution in [0.2, 0.25) is 0 Å². The first-order chi connectivity index (χ1) is 11.1. The molecule has 0 fully saturated rings. The Kier molecular flexibility index (Phi) is 3.88. The first-order valence-corrected chi connectivity index (χ1v) is 6.81. The van der Waals surface area contributed by atoms with Gasteiger partial charge in [-0.1, -0.05) is 36.4 Å². The molecule has 3 aromatic rings. The molecule has 0 aliphatic rings. The monoisotopic (exact) mass is 308 g/mol. The number of para-hydroxylation sites is 2. The van der Waals surface area contributed by atoms with Gasteiger partial charge in [-0.3, -0.25) is 4.79 Å². The zero-order chi connectivity index (χ0) is 16.2. The molecule has 0 unspecified atom stereocenters. The summed E-state index contributed by atoms with van der Waals surface area (Å²) in [6, 6.07) is 18.3. The maximum atomic E-state index is 12.2. The fourth-order valence-corrected chi connectivity index (χ4v) is 2.04. The molecule has 0 saturated carbocycles. The molecule has 2 aromatic carbocycles. The highest BCUT2D eigenvalue weighted by Gasteiger charge is 2.18. The summed E-state index contributed by atoms with van der Waals surface area (Å²) in [5.74, 6) is -0.949. The second-order valence-corrected chi connectivity index (χ2v) is 4.66. The molecule has 0 aliphatic heterocycles. The lowest BCUT2D eigenvalue weighted by molar-refractivity contribution is 0.0685. The maximum Gasteiger partial charge on any atom is 0.360 e. The van der Waals surface area contributed by atoms with E-state index in [1.165, 1.54) is 0 Å². The summed E-state index contributed by atoms with van der Waals surface area (Å²) in [6.45, 7) is 0. The highest BCUT2D eigenvalue weighted by Crippen LogP contribution is 2.22. The Morgan fingerprint density at radius 2 is 1.61 bits per heavy atom. The van der Waals surface area contributed by atoms with Crippen molar-refractivity contribution in [2.45, 2.75) is 0 Å². The molecule has 0 amide bonds. The summed E-state index contributed by atoms with van der Waals surface area (Å²) >= 11 is 0. The lowest BCUT2D eigenvalue weighted by atomic mass is 10.3. The Morgan fingerprint density at radius 3 is 2.22 bits per heavy atom. The van der Waals surface area contributed by atoms with Crippen LogP contribution in [0.3, 0.4) is 0 Å². The largest absolute Gasteiger partial charge is 0.476 e. The topological polar surface area (TPSA) is 81.4 Å². The molecular formula is C17H12N2O4. The minimum Gasteiger partial charge on any atom is -0.476 e. The fraction of sp³-hybridized carbons (Fsp3) is 0. The van der Waals surface area contributed by atoms with Crippen molar-refractivity contribution in [3.05, 3.63) is 82.8 Å². The van der Waals surface area contributed by atoms with E-state index in [1.807, 2.05) is 0 Å². The summed E-state index contributed by atoms with van der Waals surface area (Å²) in [6.07, 6.45) is 0. The molecule has 0 aliphatic carbocycles. The van der Waals surface area contributed by atoms with Gasteiger partial charge in [-0.15, -0.1) is 0 Å². The predicted octanol–water partition coefficient (Wildman–Crippen LogP) is 2.72. The normalized spacial score (nSPS) is 10.3. The van der Waals surface area contributed by atoms with Crippen molar-refractivity contribution in [3.63, 3.8) is 0 Å². The van der Waals surface area contributed by atoms with E-state index in [2.05, 4.69) is 5.10 Å². The summed E-state index contributed by atoms with van der Waals surface area (Å²) < 4.78 is 6.51. The van der Waals surface area contributed by atoms with Crippen molar-refractivity contribution in [2.75, 3.05) is 0 Å². The van der Waals surface area contributed by atoms with E-state index in [-0.39, 0.29) is 11.4 Å². The van der Waals surface area contributed by atoms with E-state index in [4.69, 9.17) is 4.74 Å². The van der Waals surface area contributed by atoms with Crippen LogP contribution in [0.4, 0.5) is 0 Å². The summed E-state index contributed by atoms with van der Waals surface area (Å²) in [5, 5.41) is 13.3. The van der Waals surface area contributed by atoms with Crippen LogP contribution in [0, 0.1) is 0 Å². The number of aromatic nitrogens is 2. The van der Waals surface area contributed by atoms with Crippen molar-refractivity contribution >= 4 is 5.97 Å². The molecule has 114 valence electrons. The van der Waals surface area contributed by atoms with E-state index in [1.54, 1.807) is 60.7 Å². The van der Waals surface area contributed by atoms with E-state index in [0.29, 0.717) is 11.4 Å². The number of rotatable bonds is 4. The second-order valence-electron chi connectivity index (χ2n) is 4.66. The van der Waals surface area contributed by atoms with Crippen LogP contribution in [-0.2, 0) is 0 Å². The van der Waals surface area contributed by atoms with Crippen LogP contribution in [0.25, 0.3) is 5.69 Å². The van der Waals surface area contributed by atoms with Crippen molar-refractivity contribution < 1.29 is 14.6 Å². The molecule has 0 atom stereocenters. The Labute approximate surface area is 131 Å². The predicted molar refractivity (Wildman–Crippen MR) is 83.3 cm³/mol. The van der Waals surface area contributed by atoms with Crippen molar-refractivity contribution in [3.8, 4) is 17.2 Å². The van der Waals surface area contributed by atoms with Gasteiger partial charge in [0.1, 0.15) is 5.75 Å². The van der Waals surface area contributed by atoms with Gasteiger partial charge in [-0.25, -0.2) is 4.79 Å². The van der Waals surface area contributed by atoms with Crippen molar-refractivity contribution in [1.82, 2.24) is 9.78 Å². The standard InChI is InChI=1S/C17H12N2O4/c20-15-11-14(23-13-9-5-2-6-10-13)16(17(21)22)18-19(15)12-7-3-1-4-8-12/h1-11H,(H,21,22). The Hall–Kier alpha value is -3.41. The highest BCUT2D eigenvalue weighted by atomic mass is 16.5. The third-order valence-electron chi connectivity index (χ3n) is 3.07. The minimum absolute atomic E-state index is 0.0964. The third kappa shape index (κ3) is 3.11. The smallest absolute Gasteiger partial charge is 0.360 e.